The summed E-state index contributed by atoms with van der Waals surface area (Å²) >= 11 is 0. The first-order valence-corrected chi connectivity index (χ1v) is 11.6. The minimum atomic E-state index is -3.71. The molecule has 0 aromatic heterocycles. The van der Waals surface area contributed by atoms with Gasteiger partial charge in [0.15, 0.2) is 0 Å². The van der Waals surface area contributed by atoms with Crippen molar-refractivity contribution in [3.05, 3.63) is 48.0 Å². The van der Waals surface area contributed by atoms with Crippen LogP contribution in [0, 0.1) is 0 Å². The van der Waals surface area contributed by atoms with Crippen LogP contribution in [0.1, 0.15) is 43.0 Å². The van der Waals surface area contributed by atoms with Crippen molar-refractivity contribution >= 4 is 33.2 Å². The Balaban J connectivity index is 1.88. The lowest BCUT2D eigenvalue weighted by Crippen LogP contribution is -2.32. The van der Waals surface area contributed by atoms with Gasteiger partial charge < -0.3 is 15.4 Å². The van der Waals surface area contributed by atoms with Crippen LogP contribution < -0.4 is 15.4 Å². The highest BCUT2D eigenvalue weighted by Gasteiger charge is 2.27. The zero-order valence-corrected chi connectivity index (χ0v) is 18.5. The molecule has 8 nitrogen and oxygen atoms in total. The van der Waals surface area contributed by atoms with Gasteiger partial charge in [0.25, 0.3) is 5.91 Å². The van der Waals surface area contributed by atoms with Crippen molar-refractivity contribution in [1.82, 2.24) is 4.31 Å². The standard InChI is InChI=1S/C22H27N3O5S/c1-16(26)23-17-8-7-9-18(14-17)24-22(27)20-15-19(10-11-21(20)30-2)31(28,29)25-12-5-3-4-6-13-25/h7-11,14-15H,3-6,12-13H2,1-2H3,(H,23,26)(H,24,27). The van der Waals surface area contributed by atoms with Gasteiger partial charge in [-0.25, -0.2) is 8.42 Å². The number of methoxy groups -OCH3 is 1. The molecule has 0 radical (unpaired) electrons. The molecule has 0 unspecified atom stereocenters. The Kier molecular flexibility index (Phi) is 7.29. The highest BCUT2D eigenvalue weighted by molar-refractivity contribution is 7.89. The summed E-state index contributed by atoms with van der Waals surface area (Å²) in [6.07, 6.45) is 3.68. The molecule has 0 bridgehead atoms. The van der Waals surface area contributed by atoms with Crippen molar-refractivity contribution < 1.29 is 22.7 Å². The Labute approximate surface area is 182 Å². The van der Waals surface area contributed by atoms with E-state index in [2.05, 4.69) is 10.6 Å². The number of carbonyl (C=O) groups is 2. The molecular weight excluding hydrogens is 418 g/mol. The molecule has 166 valence electrons. The normalized spacial score (nSPS) is 15.0. The lowest BCUT2D eigenvalue weighted by Gasteiger charge is -2.20. The van der Waals surface area contributed by atoms with E-state index in [1.165, 1.54) is 36.5 Å². The summed E-state index contributed by atoms with van der Waals surface area (Å²) in [6.45, 7) is 2.35. The Hall–Kier alpha value is -2.91. The summed E-state index contributed by atoms with van der Waals surface area (Å²) in [4.78, 5) is 24.3. The summed E-state index contributed by atoms with van der Waals surface area (Å²) in [5, 5.41) is 5.39. The second kappa shape index (κ2) is 9.93. The Morgan fingerprint density at radius 3 is 2.19 bits per heavy atom. The van der Waals surface area contributed by atoms with Gasteiger partial charge >= 0.3 is 0 Å². The van der Waals surface area contributed by atoms with Gasteiger partial charge in [-0.05, 0) is 49.2 Å². The lowest BCUT2D eigenvalue weighted by molar-refractivity contribution is -0.114. The molecule has 31 heavy (non-hydrogen) atoms. The molecule has 0 aliphatic carbocycles. The smallest absolute Gasteiger partial charge is 0.259 e. The molecule has 1 heterocycles. The molecule has 2 aromatic carbocycles. The van der Waals surface area contributed by atoms with Crippen LogP contribution in [-0.2, 0) is 14.8 Å². The Morgan fingerprint density at radius 1 is 0.935 bits per heavy atom. The van der Waals surface area contributed by atoms with Gasteiger partial charge in [0.05, 0.1) is 17.6 Å². The van der Waals surface area contributed by atoms with Crippen molar-refractivity contribution in [2.45, 2.75) is 37.5 Å². The van der Waals surface area contributed by atoms with Crippen LogP contribution in [0.5, 0.6) is 5.75 Å². The van der Waals surface area contributed by atoms with Gasteiger partial charge in [-0.1, -0.05) is 18.9 Å². The van der Waals surface area contributed by atoms with Crippen LogP contribution in [-0.4, -0.2) is 44.7 Å². The fraction of sp³-hybridized carbons (Fsp3) is 0.364. The molecule has 2 N–H and O–H groups in total. The molecule has 1 aliphatic rings. The molecular formula is C22H27N3O5S. The van der Waals surface area contributed by atoms with Crippen molar-refractivity contribution in [2.75, 3.05) is 30.8 Å². The number of rotatable bonds is 6. The molecule has 1 fully saturated rings. The average Bonchev–Trinajstić information content (AvgIpc) is 3.03. The average molecular weight is 446 g/mol. The van der Waals surface area contributed by atoms with Crippen LogP contribution >= 0.6 is 0 Å². The second-order valence-electron chi connectivity index (χ2n) is 7.40. The number of ether oxygens (including phenoxy) is 1. The minimum Gasteiger partial charge on any atom is -0.496 e. The number of anilines is 2. The number of hydrogen-bond donors (Lipinski definition) is 2. The molecule has 0 saturated carbocycles. The van der Waals surface area contributed by atoms with E-state index in [9.17, 15) is 18.0 Å². The van der Waals surface area contributed by atoms with E-state index in [1.54, 1.807) is 24.3 Å². The zero-order valence-electron chi connectivity index (χ0n) is 17.7. The monoisotopic (exact) mass is 445 g/mol. The molecule has 1 aliphatic heterocycles. The number of carbonyl (C=O) groups excluding carboxylic acids is 2. The van der Waals surface area contributed by atoms with E-state index in [4.69, 9.17) is 4.74 Å². The van der Waals surface area contributed by atoms with E-state index in [0.717, 1.165) is 25.7 Å². The third-order valence-corrected chi connectivity index (χ3v) is 6.95. The maximum Gasteiger partial charge on any atom is 0.259 e. The van der Waals surface area contributed by atoms with Crippen LogP contribution in [0.2, 0.25) is 0 Å². The highest BCUT2D eigenvalue weighted by atomic mass is 32.2. The molecule has 0 spiro atoms. The van der Waals surface area contributed by atoms with E-state index in [0.29, 0.717) is 24.5 Å². The molecule has 3 rings (SSSR count). The van der Waals surface area contributed by atoms with Crippen LogP contribution in [0.3, 0.4) is 0 Å². The zero-order chi connectivity index (χ0) is 22.4. The van der Waals surface area contributed by atoms with Crippen LogP contribution in [0.4, 0.5) is 11.4 Å². The third kappa shape index (κ3) is 5.62. The van der Waals surface area contributed by atoms with Crippen LogP contribution in [0.25, 0.3) is 0 Å². The molecule has 9 heteroatoms. The van der Waals surface area contributed by atoms with Gasteiger partial charge in [-0.2, -0.15) is 4.31 Å². The van der Waals surface area contributed by atoms with Crippen LogP contribution in [0.15, 0.2) is 47.4 Å². The summed E-state index contributed by atoms with van der Waals surface area (Å²) in [5.41, 5.74) is 1.11. The van der Waals surface area contributed by atoms with Crippen molar-refractivity contribution in [1.29, 1.82) is 0 Å². The fourth-order valence-corrected chi connectivity index (χ4v) is 5.08. The predicted molar refractivity (Wildman–Crippen MR) is 119 cm³/mol. The van der Waals surface area contributed by atoms with Gasteiger partial charge in [-0.15, -0.1) is 0 Å². The molecule has 2 aromatic rings. The van der Waals surface area contributed by atoms with E-state index in [1.807, 2.05) is 0 Å². The Bertz CT molecular complexity index is 1060. The Morgan fingerprint density at radius 2 is 1.58 bits per heavy atom. The van der Waals surface area contributed by atoms with E-state index >= 15 is 0 Å². The fourth-order valence-electron chi connectivity index (χ4n) is 3.53. The second-order valence-corrected chi connectivity index (χ2v) is 9.33. The van der Waals surface area contributed by atoms with E-state index in [-0.39, 0.29) is 22.1 Å². The maximum atomic E-state index is 13.1. The van der Waals surface area contributed by atoms with Crippen molar-refractivity contribution in [3.63, 3.8) is 0 Å². The van der Waals surface area contributed by atoms with Crippen molar-refractivity contribution in [3.8, 4) is 5.75 Å². The number of amides is 2. The molecule has 1 saturated heterocycles. The van der Waals surface area contributed by atoms with E-state index < -0.39 is 15.9 Å². The molecule has 0 atom stereocenters. The number of nitrogens with zero attached hydrogens (tertiary/aromatic N) is 1. The first kappa shape index (κ1) is 22.8. The topological polar surface area (TPSA) is 105 Å². The highest BCUT2D eigenvalue weighted by Crippen LogP contribution is 2.27. The first-order chi connectivity index (χ1) is 14.8. The summed E-state index contributed by atoms with van der Waals surface area (Å²) in [7, 11) is -2.29. The maximum absolute atomic E-state index is 13.1. The summed E-state index contributed by atoms with van der Waals surface area (Å²) in [5.74, 6) is -0.466. The van der Waals surface area contributed by atoms with Gasteiger partial charge in [0.1, 0.15) is 5.75 Å². The number of sulfonamides is 1. The van der Waals surface area contributed by atoms with Crippen molar-refractivity contribution in [2.24, 2.45) is 0 Å². The summed E-state index contributed by atoms with van der Waals surface area (Å²) < 4.78 is 33.0. The van der Waals surface area contributed by atoms with Gasteiger partial charge in [0, 0.05) is 31.4 Å². The minimum absolute atomic E-state index is 0.0624. The number of hydrogen-bond acceptors (Lipinski definition) is 5. The first-order valence-electron chi connectivity index (χ1n) is 10.2. The number of nitrogens with one attached hydrogen (secondary N) is 2. The van der Waals surface area contributed by atoms with Gasteiger partial charge in [0.2, 0.25) is 15.9 Å². The molecule has 2 amide bonds. The SMILES string of the molecule is COc1ccc(S(=O)(=O)N2CCCCCC2)cc1C(=O)Nc1cccc(NC(C)=O)c1. The third-order valence-electron chi connectivity index (χ3n) is 5.06. The largest absolute Gasteiger partial charge is 0.496 e. The summed E-state index contributed by atoms with van der Waals surface area (Å²) in [6, 6.07) is 11.0. The predicted octanol–water partition coefficient (Wildman–Crippen LogP) is 3.47. The quantitative estimate of drug-likeness (QED) is 0.708. The van der Waals surface area contributed by atoms with Gasteiger partial charge in [-0.3, -0.25) is 9.59 Å². The lowest BCUT2D eigenvalue weighted by atomic mass is 10.1. The number of benzene rings is 2.